The minimum atomic E-state index is -1.31. The lowest BCUT2D eigenvalue weighted by Crippen LogP contribution is -2.42. The number of amides is 1. The Hall–Kier alpha value is -6.51. The molecule has 20 heteroatoms. The van der Waals surface area contributed by atoms with E-state index in [0.717, 1.165) is 28.5 Å². The highest BCUT2D eigenvalue weighted by molar-refractivity contribution is 6.39. The first-order valence-electron chi connectivity index (χ1n) is 22.0. The third-order valence-corrected chi connectivity index (χ3v) is 11.5. The monoisotopic (exact) mass is 986 g/mol. The molecule has 366 valence electrons. The van der Waals surface area contributed by atoms with Gasteiger partial charge in [0, 0.05) is 55.7 Å². The first-order chi connectivity index (χ1) is 33.4. The number of hydrogen-bond donors (Lipinski definition) is 5. The zero-order valence-corrected chi connectivity index (χ0v) is 39.8. The summed E-state index contributed by atoms with van der Waals surface area (Å²) in [4.78, 5) is 66.3. The van der Waals surface area contributed by atoms with Crippen LogP contribution in [0.3, 0.4) is 0 Å². The summed E-state index contributed by atoms with van der Waals surface area (Å²) < 4.78 is 24.3. The average molecular weight is 988 g/mol. The second-order valence-corrected chi connectivity index (χ2v) is 16.2. The molecule has 8 N–H and O–H groups in total. The molecular weight excluding hydrogens is 931 g/mol. The summed E-state index contributed by atoms with van der Waals surface area (Å²) in [5, 5.41) is 17.9. The number of fused-ring (bicyclic) bond motifs is 2. The summed E-state index contributed by atoms with van der Waals surface area (Å²) in [5.41, 5.74) is 16.6. The molecule has 0 aliphatic heterocycles. The number of nitrogens with one attached hydrogen (secondary N) is 1. The molecule has 1 aliphatic carbocycles. The molecule has 5 aromatic rings. The van der Waals surface area contributed by atoms with Crippen molar-refractivity contribution in [3.05, 3.63) is 145 Å². The Morgan fingerprint density at radius 1 is 0.884 bits per heavy atom. The fourth-order valence-electron chi connectivity index (χ4n) is 7.58. The number of halogens is 2. The fraction of sp³-hybridized carbons (Fsp3) is 0.327. The molecule has 0 saturated heterocycles. The maximum atomic E-state index is 13.3. The molecular formula is C49H56Cl2N8O10. The summed E-state index contributed by atoms with van der Waals surface area (Å²) in [6.07, 6.45) is 5.36. The SMILES string of the molecule is CN.Cn1ncc(OCCOCCOCCOCCN(N)/C2=C(\N)c3ccccc3C(C(=O)CCC=O)Cc3ccccc32)c(-c2ccc(CC(NC(=O)c3c(Cl)cncc3Cl)C(=O)O)cc2)c1=O. The average Bonchev–Trinajstić information content (AvgIpc) is 3.34. The van der Waals surface area contributed by atoms with Gasteiger partial charge in [0.2, 0.25) is 0 Å². The van der Waals surface area contributed by atoms with Crippen molar-refractivity contribution in [1.82, 2.24) is 25.1 Å². The Labute approximate surface area is 409 Å². The van der Waals surface area contributed by atoms with E-state index in [1.165, 1.54) is 37.4 Å². The quantitative estimate of drug-likeness (QED) is 0.0248. The van der Waals surface area contributed by atoms with E-state index in [-0.39, 0.29) is 78.4 Å². The van der Waals surface area contributed by atoms with Gasteiger partial charge in [0.25, 0.3) is 11.5 Å². The maximum Gasteiger partial charge on any atom is 0.326 e. The number of aldehydes is 1. The fourth-order valence-corrected chi connectivity index (χ4v) is 8.11. The second kappa shape index (κ2) is 26.9. The summed E-state index contributed by atoms with van der Waals surface area (Å²) in [7, 11) is 3.01. The van der Waals surface area contributed by atoms with Crippen LogP contribution in [-0.4, -0.2) is 115 Å². The smallest absolute Gasteiger partial charge is 0.326 e. The third-order valence-electron chi connectivity index (χ3n) is 10.9. The number of aromatic nitrogens is 3. The lowest BCUT2D eigenvalue weighted by molar-refractivity contribution is -0.139. The van der Waals surface area contributed by atoms with Gasteiger partial charge in [0.1, 0.15) is 24.7 Å². The molecule has 6 rings (SSSR count). The number of pyridine rings is 1. The van der Waals surface area contributed by atoms with E-state index in [0.29, 0.717) is 55.3 Å². The van der Waals surface area contributed by atoms with Crippen molar-refractivity contribution in [1.29, 1.82) is 0 Å². The second-order valence-electron chi connectivity index (χ2n) is 15.4. The van der Waals surface area contributed by atoms with Gasteiger partial charge in [0.15, 0.2) is 5.75 Å². The number of rotatable bonds is 24. The van der Waals surface area contributed by atoms with Crippen LogP contribution in [0.4, 0.5) is 0 Å². The number of hydrazine groups is 1. The van der Waals surface area contributed by atoms with Crippen molar-refractivity contribution in [3.8, 4) is 16.9 Å². The molecule has 0 spiro atoms. The van der Waals surface area contributed by atoms with Crippen LogP contribution in [0.2, 0.25) is 10.0 Å². The number of benzene rings is 3. The lowest BCUT2D eigenvalue weighted by Gasteiger charge is -2.30. The van der Waals surface area contributed by atoms with Crippen LogP contribution in [0.15, 0.2) is 96.2 Å². The van der Waals surface area contributed by atoms with E-state index in [9.17, 15) is 29.1 Å². The van der Waals surface area contributed by atoms with Gasteiger partial charge in [-0.2, -0.15) is 5.10 Å². The van der Waals surface area contributed by atoms with Gasteiger partial charge in [-0.15, -0.1) is 0 Å². The number of carbonyl (C=O) groups is 4. The molecule has 2 unspecified atom stereocenters. The molecule has 1 amide bonds. The first-order valence-corrected chi connectivity index (χ1v) is 22.7. The van der Waals surface area contributed by atoms with Crippen LogP contribution in [-0.2, 0) is 48.5 Å². The van der Waals surface area contributed by atoms with E-state index < -0.39 is 29.4 Å². The van der Waals surface area contributed by atoms with E-state index in [1.807, 2.05) is 48.5 Å². The molecule has 3 aromatic carbocycles. The molecule has 18 nitrogen and oxygen atoms in total. The summed E-state index contributed by atoms with van der Waals surface area (Å²) in [6, 6.07) is 20.6. The van der Waals surface area contributed by atoms with Crippen LogP contribution >= 0.6 is 23.2 Å². The van der Waals surface area contributed by atoms with Crippen molar-refractivity contribution >= 4 is 58.5 Å². The number of carboxylic acid groups (broad SMARTS) is 1. The van der Waals surface area contributed by atoms with Crippen LogP contribution in [0.1, 0.15) is 56.9 Å². The zero-order chi connectivity index (χ0) is 49.9. The Kier molecular flexibility index (Phi) is 20.8. The summed E-state index contributed by atoms with van der Waals surface area (Å²) in [5.74, 6) is 4.40. The van der Waals surface area contributed by atoms with Crippen molar-refractivity contribution in [3.63, 3.8) is 0 Å². The van der Waals surface area contributed by atoms with Gasteiger partial charge >= 0.3 is 5.97 Å². The van der Waals surface area contributed by atoms with E-state index in [1.54, 1.807) is 29.3 Å². The molecule has 2 aromatic heterocycles. The van der Waals surface area contributed by atoms with Crippen molar-refractivity contribution in [2.45, 2.75) is 37.6 Å². The van der Waals surface area contributed by atoms with Crippen molar-refractivity contribution in [2.75, 3.05) is 59.8 Å². The number of carbonyl (C=O) groups excluding carboxylic acids is 3. The number of carboxylic acids is 1. The number of ketones is 1. The number of ether oxygens (including phenoxy) is 4. The molecule has 2 heterocycles. The molecule has 1 aliphatic rings. The zero-order valence-electron chi connectivity index (χ0n) is 38.3. The van der Waals surface area contributed by atoms with Crippen molar-refractivity contribution < 1.29 is 43.2 Å². The number of hydrogen-bond acceptors (Lipinski definition) is 15. The summed E-state index contributed by atoms with van der Waals surface area (Å²) in [6.45, 7) is 2.12. The molecule has 0 radical (unpaired) electrons. The Morgan fingerprint density at radius 3 is 2.14 bits per heavy atom. The van der Waals surface area contributed by atoms with Crippen molar-refractivity contribution in [2.24, 2.45) is 24.4 Å². The van der Waals surface area contributed by atoms with Crippen LogP contribution in [0.5, 0.6) is 5.75 Å². The molecule has 69 heavy (non-hydrogen) atoms. The number of Topliss-reactive ketones (excluding diaryl/α,β-unsaturated/α-hetero) is 1. The molecule has 0 fully saturated rings. The van der Waals surface area contributed by atoms with Gasteiger partial charge in [-0.3, -0.25) is 19.4 Å². The van der Waals surface area contributed by atoms with Gasteiger partial charge in [-0.25, -0.2) is 15.3 Å². The maximum absolute atomic E-state index is 13.3. The minimum absolute atomic E-state index is 0.0155. The lowest BCUT2D eigenvalue weighted by atomic mass is 9.80. The normalized spacial score (nSPS) is 14.4. The molecule has 2 atom stereocenters. The van der Waals surface area contributed by atoms with E-state index in [2.05, 4.69) is 21.1 Å². The molecule has 0 bridgehead atoms. The van der Waals surface area contributed by atoms with Crippen LogP contribution in [0.25, 0.3) is 22.5 Å². The first kappa shape index (κ1) is 53.4. The standard InChI is InChI=1S/C48H51Cl2N7O10.CH5N/c1-56-47(61)42(31-14-12-30(13-15-31)25-39(48(62)63)55-46(60)43-37(49)27-53-28-38(43)50)41(29-54-56)67-24-23-66-22-21-65-20-19-64-18-16-57(52)45-33-8-3-2-7-32(33)26-36(40(59)11-6-17-58)34-9-4-5-10-35(34)44(45)51;1-2/h2-5,7-10,12-15,17,27-29,36,39H,6,11,16,18-26,51-52H2,1H3,(H,55,60)(H,62,63);2H2,1H3/b45-44-;. The Bertz CT molecular complexity index is 2630. The van der Waals surface area contributed by atoms with E-state index >= 15 is 0 Å². The topological polar surface area (TPSA) is 267 Å². The van der Waals surface area contributed by atoms with Gasteiger partial charge in [0.05, 0.1) is 84.9 Å². The number of aliphatic carboxylic acids is 1. The Balaban J connectivity index is 0.00000438. The Morgan fingerprint density at radius 2 is 1.49 bits per heavy atom. The highest BCUT2D eigenvalue weighted by atomic mass is 35.5. The van der Waals surface area contributed by atoms with E-state index in [4.69, 9.17) is 53.7 Å². The highest BCUT2D eigenvalue weighted by Gasteiger charge is 2.30. The third kappa shape index (κ3) is 14.3. The predicted molar refractivity (Wildman–Crippen MR) is 261 cm³/mol. The molecule has 0 saturated carbocycles. The largest absolute Gasteiger partial charge is 0.489 e. The van der Waals surface area contributed by atoms with Crippen LogP contribution < -0.4 is 32.9 Å². The summed E-state index contributed by atoms with van der Waals surface area (Å²) >= 11 is 12.2. The van der Waals surface area contributed by atoms with Gasteiger partial charge in [-0.05, 0) is 35.7 Å². The van der Waals surface area contributed by atoms with Gasteiger partial charge < -0.3 is 50.6 Å². The van der Waals surface area contributed by atoms with Gasteiger partial charge in [-0.1, -0.05) is 96.0 Å². The number of nitrogens with zero attached hydrogens (tertiary/aromatic N) is 4. The minimum Gasteiger partial charge on any atom is -0.489 e. The predicted octanol–water partition coefficient (Wildman–Crippen LogP) is 4.43. The number of nitrogens with two attached hydrogens (primary N) is 3. The highest BCUT2D eigenvalue weighted by Crippen LogP contribution is 2.38. The van der Waals surface area contributed by atoms with Crippen LogP contribution in [0, 0.1) is 0 Å². The number of aryl methyl sites for hydroxylation is 1.